The number of hydrazone groups is 1. The summed E-state index contributed by atoms with van der Waals surface area (Å²) in [5.74, 6) is -0.655. The first-order valence-electron chi connectivity index (χ1n) is 7.92. The molecule has 25 heavy (non-hydrogen) atoms. The van der Waals surface area contributed by atoms with Crippen molar-refractivity contribution in [3.63, 3.8) is 0 Å². The van der Waals surface area contributed by atoms with Crippen LogP contribution >= 0.6 is 15.9 Å². The van der Waals surface area contributed by atoms with Gasteiger partial charge in [-0.25, -0.2) is 13.4 Å². The Balaban J connectivity index is 1.76. The van der Waals surface area contributed by atoms with Crippen LogP contribution in [0.4, 0.5) is 5.69 Å². The Morgan fingerprint density at radius 2 is 2.12 bits per heavy atom. The number of anilines is 1. The van der Waals surface area contributed by atoms with Gasteiger partial charge < -0.3 is 5.32 Å². The predicted molar refractivity (Wildman–Crippen MR) is 98.1 cm³/mol. The summed E-state index contributed by atoms with van der Waals surface area (Å²) in [7, 11) is -3.13. The summed E-state index contributed by atoms with van der Waals surface area (Å²) in [6.45, 7) is 1.92. The number of carbonyl (C=O) groups is 2. The van der Waals surface area contributed by atoms with Crippen molar-refractivity contribution in [2.24, 2.45) is 5.10 Å². The summed E-state index contributed by atoms with van der Waals surface area (Å²) < 4.78 is 24.2. The van der Waals surface area contributed by atoms with Gasteiger partial charge in [0.15, 0.2) is 9.84 Å². The van der Waals surface area contributed by atoms with Gasteiger partial charge in [0.25, 0.3) is 5.91 Å². The van der Waals surface area contributed by atoms with Crippen molar-refractivity contribution in [3.05, 3.63) is 28.2 Å². The van der Waals surface area contributed by atoms with E-state index in [0.29, 0.717) is 12.1 Å². The molecule has 0 aromatic heterocycles. The van der Waals surface area contributed by atoms with Gasteiger partial charge in [0.05, 0.1) is 17.5 Å². The molecule has 2 aliphatic rings. The molecule has 1 aromatic rings. The lowest BCUT2D eigenvalue weighted by atomic mass is 10.1. The molecule has 2 aliphatic heterocycles. The van der Waals surface area contributed by atoms with E-state index >= 15 is 0 Å². The first-order valence-corrected chi connectivity index (χ1v) is 10.5. The maximum atomic E-state index is 12.4. The van der Waals surface area contributed by atoms with Gasteiger partial charge >= 0.3 is 0 Å². The van der Waals surface area contributed by atoms with Gasteiger partial charge in [-0.3, -0.25) is 9.59 Å². The van der Waals surface area contributed by atoms with Crippen molar-refractivity contribution >= 4 is 49.0 Å². The summed E-state index contributed by atoms with van der Waals surface area (Å²) in [5.41, 5.74) is 1.86. The maximum Gasteiger partial charge on any atom is 0.271 e. The second kappa shape index (κ2) is 6.87. The number of aryl methyl sites for hydroxylation is 1. The number of hydrogen-bond acceptors (Lipinski definition) is 5. The minimum Gasteiger partial charge on any atom is -0.321 e. The zero-order chi connectivity index (χ0) is 18.2. The number of rotatable bonds is 3. The van der Waals surface area contributed by atoms with Crippen LogP contribution in [0.1, 0.15) is 24.8 Å². The normalized spacial score (nSPS) is 22.6. The van der Waals surface area contributed by atoms with E-state index in [1.807, 2.05) is 19.1 Å². The standard InChI is InChI=1S/C16H18BrN3O4S/c1-10-8-11(2-3-13(10)17)18-16(22)14-4-5-15(21)20(19-14)12-6-7-25(23,24)9-12/h2-3,8,12H,4-7,9H2,1H3,(H,18,22)/t12-/m0/s1. The number of benzene rings is 1. The predicted octanol–water partition coefficient (Wildman–Crippen LogP) is 1.86. The lowest BCUT2D eigenvalue weighted by molar-refractivity contribution is -0.133. The minimum absolute atomic E-state index is 0.0522. The van der Waals surface area contributed by atoms with Crippen LogP contribution in [-0.2, 0) is 19.4 Å². The Kier molecular flexibility index (Phi) is 4.97. The Bertz CT molecular complexity index is 866. The first kappa shape index (κ1) is 18.1. The zero-order valence-corrected chi connectivity index (χ0v) is 16.1. The zero-order valence-electron chi connectivity index (χ0n) is 13.7. The number of halogens is 1. The van der Waals surface area contributed by atoms with Crippen LogP contribution in [-0.4, -0.2) is 48.5 Å². The third-order valence-electron chi connectivity index (χ3n) is 4.29. The molecule has 0 radical (unpaired) electrons. The molecular weight excluding hydrogens is 410 g/mol. The van der Waals surface area contributed by atoms with Crippen LogP contribution in [0.15, 0.2) is 27.8 Å². The maximum absolute atomic E-state index is 12.4. The molecule has 3 rings (SSSR count). The molecule has 1 aromatic carbocycles. The molecule has 1 N–H and O–H groups in total. The van der Waals surface area contributed by atoms with Gasteiger partial charge in [-0.15, -0.1) is 0 Å². The largest absolute Gasteiger partial charge is 0.321 e. The molecular formula is C16H18BrN3O4S. The highest BCUT2D eigenvalue weighted by atomic mass is 79.9. The summed E-state index contributed by atoms with van der Waals surface area (Å²) in [5, 5.41) is 8.13. The fraction of sp³-hybridized carbons (Fsp3) is 0.438. The lowest BCUT2D eigenvalue weighted by Crippen LogP contribution is -2.42. The monoisotopic (exact) mass is 427 g/mol. The summed E-state index contributed by atoms with van der Waals surface area (Å²) in [6, 6.07) is 4.96. The second-order valence-electron chi connectivity index (χ2n) is 6.26. The van der Waals surface area contributed by atoms with Crippen molar-refractivity contribution < 1.29 is 18.0 Å². The number of nitrogens with one attached hydrogen (secondary N) is 1. The van der Waals surface area contributed by atoms with Crippen molar-refractivity contribution in [2.45, 2.75) is 32.2 Å². The quantitative estimate of drug-likeness (QED) is 0.795. The summed E-state index contributed by atoms with van der Waals surface area (Å²) >= 11 is 3.40. The highest BCUT2D eigenvalue weighted by molar-refractivity contribution is 9.10. The van der Waals surface area contributed by atoms with E-state index in [4.69, 9.17) is 0 Å². The van der Waals surface area contributed by atoms with E-state index in [0.717, 1.165) is 10.0 Å². The molecule has 0 aliphatic carbocycles. The fourth-order valence-electron chi connectivity index (χ4n) is 2.91. The Labute approximate surface area is 154 Å². The average molecular weight is 428 g/mol. The first-order chi connectivity index (χ1) is 11.7. The number of nitrogens with zero attached hydrogens (tertiary/aromatic N) is 2. The van der Waals surface area contributed by atoms with E-state index < -0.39 is 15.9 Å². The van der Waals surface area contributed by atoms with Crippen LogP contribution in [0.5, 0.6) is 0 Å². The van der Waals surface area contributed by atoms with E-state index in [9.17, 15) is 18.0 Å². The van der Waals surface area contributed by atoms with Crippen molar-refractivity contribution in [2.75, 3.05) is 16.8 Å². The second-order valence-corrected chi connectivity index (χ2v) is 9.34. The third-order valence-corrected chi connectivity index (χ3v) is 6.93. The molecule has 2 amide bonds. The molecule has 7 nitrogen and oxygen atoms in total. The molecule has 1 atom stereocenters. The van der Waals surface area contributed by atoms with Crippen molar-refractivity contribution in [1.82, 2.24) is 5.01 Å². The van der Waals surface area contributed by atoms with E-state index in [-0.39, 0.29) is 41.9 Å². The van der Waals surface area contributed by atoms with Gasteiger partial charge in [-0.05, 0) is 37.1 Å². The molecule has 1 saturated heterocycles. The van der Waals surface area contributed by atoms with Gasteiger partial charge in [0.1, 0.15) is 5.71 Å². The SMILES string of the molecule is Cc1cc(NC(=O)C2=NN([C@H]3CCS(=O)(=O)C3)C(=O)CC2)ccc1Br. The average Bonchev–Trinajstić information content (AvgIpc) is 2.91. The molecule has 134 valence electrons. The van der Waals surface area contributed by atoms with Crippen molar-refractivity contribution in [1.29, 1.82) is 0 Å². The van der Waals surface area contributed by atoms with Crippen LogP contribution in [0, 0.1) is 6.92 Å². The highest BCUT2D eigenvalue weighted by Gasteiger charge is 2.37. The van der Waals surface area contributed by atoms with E-state index in [1.54, 1.807) is 6.07 Å². The number of sulfone groups is 1. The smallest absolute Gasteiger partial charge is 0.271 e. The Morgan fingerprint density at radius 3 is 2.76 bits per heavy atom. The Hall–Kier alpha value is -1.74. The van der Waals surface area contributed by atoms with Gasteiger partial charge in [0, 0.05) is 23.0 Å². The minimum atomic E-state index is -3.13. The number of hydrogen-bond donors (Lipinski definition) is 1. The molecule has 0 spiro atoms. The van der Waals surface area contributed by atoms with Gasteiger partial charge in [-0.1, -0.05) is 15.9 Å². The molecule has 2 heterocycles. The molecule has 0 bridgehead atoms. The van der Waals surface area contributed by atoms with Crippen LogP contribution < -0.4 is 5.32 Å². The Morgan fingerprint density at radius 1 is 1.36 bits per heavy atom. The number of amides is 2. The molecule has 9 heteroatoms. The summed E-state index contributed by atoms with van der Waals surface area (Å²) in [4.78, 5) is 24.5. The van der Waals surface area contributed by atoms with Crippen molar-refractivity contribution in [3.8, 4) is 0 Å². The van der Waals surface area contributed by atoms with E-state index in [2.05, 4.69) is 26.3 Å². The number of carbonyl (C=O) groups excluding carboxylic acids is 2. The van der Waals surface area contributed by atoms with Crippen LogP contribution in [0.3, 0.4) is 0 Å². The molecule has 0 saturated carbocycles. The topological polar surface area (TPSA) is 95.9 Å². The third kappa shape index (κ3) is 4.09. The lowest BCUT2D eigenvalue weighted by Gasteiger charge is -2.27. The summed E-state index contributed by atoms with van der Waals surface area (Å²) in [6.07, 6.45) is 0.761. The van der Waals surface area contributed by atoms with Gasteiger partial charge in [-0.2, -0.15) is 5.10 Å². The van der Waals surface area contributed by atoms with E-state index in [1.165, 1.54) is 5.01 Å². The van der Waals surface area contributed by atoms with Crippen LogP contribution in [0.25, 0.3) is 0 Å². The molecule has 0 unspecified atom stereocenters. The molecule has 1 fully saturated rings. The van der Waals surface area contributed by atoms with Crippen LogP contribution in [0.2, 0.25) is 0 Å². The fourth-order valence-corrected chi connectivity index (χ4v) is 4.85. The highest BCUT2D eigenvalue weighted by Crippen LogP contribution is 2.23. The van der Waals surface area contributed by atoms with Gasteiger partial charge in [0.2, 0.25) is 5.91 Å².